The van der Waals surface area contributed by atoms with E-state index < -0.39 is 0 Å². The zero-order chi connectivity index (χ0) is 23.1. The minimum absolute atomic E-state index is 0.00563. The van der Waals surface area contributed by atoms with Crippen molar-refractivity contribution in [1.82, 2.24) is 0 Å². The van der Waals surface area contributed by atoms with Crippen molar-refractivity contribution in [3.8, 4) is 0 Å². The van der Waals surface area contributed by atoms with Gasteiger partial charge in [0.1, 0.15) is 0 Å². The number of nitrogens with one attached hydrogen (secondary N) is 3. The lowest BCUT2D eigenvalue weighted by Gasteiger charge is -2.17. The number of thiocarbonyl (C=S) groups is 1. The van der Waals surface area contributed by atoms with Gasteiger partial charge in [-0.2, -0.15) is 0 Å². The fourth-order valence-electron chi connectivity index (χ4n) is 3.26. The van der Waals surface area contributed by atoms with Crippen molar-refractivity contribution >= 4 is 52.1 Å². The van der Waals surface area contributed by atoms with Gasteiger partial charge in [-0.3, -0.25) is 4.79 Å². The van der Waals surface area contributed by atoms with Crippen LogP contribution in [0.3, 0.4) is 0 Å². The number of hydrogen-bond donors (Lipinski definition) is 3. The third-order valence-corrected chi connectivity index (χ3v) is 6.37. The summed E-state index contributed by atoms with van der Waals surface area (Å²) in [6, 6.07) is 22.1. The summed E-state index contributed by atoms with van der Waals surface area (Å²) in [7, 11) is 0. The van der Waals surface area contributed by atoms with Crippen LogP contribution in [0.1, 0.15) is 30.5 Å². The Labute approximate surface area is 200 Å². The number of amides is 1. The lowest BCUT2D eigenvalue weighted by Crippen LogP contribution is -2.23. The van der Waals surface area contributed by atoms with Crippen molar-refractivity contribution in [2.45, 2.75) is 44.3 Å². The van der Waals surface area contributed by atoms with E-state index >= 15 is 0 Å². The molecule has 6 heteroatoms. The van der Waals surface area contributed by atoms with Crippen LogP contribution in [0.5, 0.6) is 0 Å². The third kappa shape index (κ3) is 6.58. The van der Waals surface area contributed by atoms with Crippen LogP contribution in [0, 0.1) is 13.8 Å². The lowest BCUT2D eigenvalue weighted by molar-refractivity contribution is -0.115. The summed E-state index contributed by atoms with van der Waals surface area (Å²) in [6.45, 7) is 8.09. The Morgan fingerprint density at radius 1 is 0.938 bits per heavy atom. The summed E-state index contributed by atoms with van der Waals surface area (Å²) >= 11 is 6.96. The van der Waals surface area contributed by atoms with Gasteiger partial charge < -0.3 is 16.0 Å². The fraction of sp³-hybridized carbons (Fsp3) is 0.231. The average molecular weight is 464 g/mol. The molecule has 3 aromatic carbocycles. The van der Waals surface area contributed by atoms with Gasteiger partial charge in [-0.05, 0) is 80.9 Å². The highest BCUT2D eigenvalue weighted by molar-refractivity contribution is 8.00. The molecule has 32 heavy (non-hydrogen) atoms. The van der Waals surface area contributed by atoms with Crippen LogP contribution in [0.15, 0.2) is 71.6 Å². The van der Waals surface area contributed by atoms with Gasteiger partial charge in [-0.15, -0.1) is 11.8 Å². The van der Waals surface area contributed by atoms with Crippen molar-refractivity contribution in [1.29, 1.82) is 0 Å². The molecular formula is C26H29N3OS2. The van der Waals surface area contributed by atoms with Crippen molar-refractivity contribution in [3.05, 3.63) is 83.4 Å². The fourth-order valence-corrected chi connectivity index (χ4v) is 4.42. The molecule has 0 bridgehead atoms. The van der Waals surface area contributed by atoms with Gasteiger partial charge in [0.15, 0.2) is 5.11 Å². The quantitative estimate of drug-likeness (QED) is 0.266. The molecule has 1 atom stereocenters. The van der Waals surface area contributed by atoms with Gasteiger partial charge in [0.2, 0.25) is 5.91 Å². The number of rotatable bonds is 7. The molecule has 0 aliphatic heterocycles. The van der Waals surface area contributed by atoms with Crippen molar-refractivity contribution in [2.75, 3.05) is 16.0 Å². The molecule has 0 aliphatic rings. The number of carbonyl (C=O) groups is 1. The van der Waals surface area contributed by atoms with Gasteiger partial charge in [-0.25, -0.2) is 0 Å². The van der Waals surface area contributed by atoms with Crippen LogP contribution in [0.4, 0.5) is 17.1 Å². The van der Waals surface area contributed by atoms with Crippen LogP contribution in [0.25, 0.3) is 0 Å². The van der Waals surface area contributed by atoms with E-state index in [4.69, 9.17) is 12.2 Å². The molecule has 4 nitrogen and oxygen atoms in total. The van der Waals surface area contributed by atoms with E-state index in [9.17, 15) is 4.79 Å². The van der Waals surface area contributed by atoms with E-state index in [1.54, 1.807) is 0 Å². The number of hydrogen-bond acceptors (Lipinski definition) is 3. The number of anilines is 3. The Hall–Kier alpha value is -2.83. The van der Waals surface area contributed by atoms with Crippen LogP contribution in [-0.2, 0) is 11.2 Å². The molecule has 0 fully saturated rings. The van der Waals surface area contributed by atoms with E-state index in [1.165, 1.54) is 17.3 Å². The van der Waals surface area contributed by atoms with Gasteiger partial charge in [0, 0.05) is 22.0 Å². The topological polar surface area (TPSA) is 53.2 Å². The highest BCUT2D eigenvalue weighted by Crippen LogP contribution is 2.28. The second-order valence-corrected chi connectivity index (χ2v) is 9.51. The first-order chi connectivity index (χ1) is 15.4. The maximum atomic E-state index is 12.8. The molecule has 166 valence electrons. The molecule has 0 saturated heterocycles. The monoisotopic (exact) mass is 463 g/mol. The van der Waals surface area contributed by atoms with E-state index in [-0.39, 0.29) is 11.2 Å². The highest BCUT2D eigenvalue weighted by atomic mass is 32.2. The molecule has 3 N–H and O–H groups in total. The lowest BCUT2D eigenvalue weighted by atomic mass is 10.1. The number of thioether (sulfide) groups is 1. The SMILES string of the molecule is CCc1cccc(C)c1NC(=O)C(C)Sc1cccc(NC(=S)Nc2ccc(C)cc2)c1. The number of para-hydroxylation sites is 1. The Morgan fingerprint density at radius 3 is 2.34 bits per heavy atom. The smallest absolute Gasteiger partial charge is 0.237 e. The summed E-state index contributed by atoms with van der Waals surface area (Å²) in [5.74, 6) is -0.00563. The number of aryl methyl sites for hydroxylation is 3. The Balaban J connectivity index is 1.60. The predicted octanol–water partition coefficient (Wildman–Crippen LogP) is 6.79. The first kappa shape index (κ1) is 23.8. The van der Waals surface area contributed by atoms with Gasteiger partial charge in [-0.1, -0.05) is 48.9 Å². The normalized spacial score (nSPS) is 11.5. The summed E-state index contributed by atoms with van der Waals surface area (Å²) in [4.78, 5) is 13.8. The summed E-state index contributed by atoms with van der Waals surface area (Å²) in [5, 5.41) is 9.81. The zero-order valence-electron chi connectivity index (χ0n) is 18.9. The molecule has 0 aliphatic carbocycles. The van der Waals surface area contributed by atoms with Crippen LogP contribution < -0.4 is 16.0 Å². The van der Waals surface area contributed by atoms with Crippen LogP contribution in [-0.4, -0.2) is 16.3 Å². The molecule has 3 rings (SSSR count). The van der Waals surface area contributed by atoms with Gasteiger partial charge in [0.25, 0.3) is 0 Å². The second kappa shape index (κ2) is 11.2. The number of benzene rings is 3. The first-order valence-electron chi connectivity index (χ1n) is 10.7. The number of carbonyl (C=O) groups excluding carboxylic acids is 1. The molecule has 0 spiro atoms. The van der Waals surface area contributed by atoms with Crippen molar-refractivity contribution in [2.24, 2.45) is 0 Å². The minimum Gasteiger partial charge on any atom is -0.332 e. The standard InChI is InChI=1S/C26H29N3OS2/c1-5-20-9-6-8-18(3)24(20)29-25(30)19(4)32-23-11-7-10-22(16-23)28-26(31)27-21-14-12-17(2)13-15-21/h6-16,19H,5H2,1-4H3,(H,29,30)(H2,27,28,31). The molecule has 0 aromatic heterocycles. The first-order valence-corrected chi connectivity index (χ1v) is 11.9. The third-order valence-electron chi connectivity index (χ3n) is 5.07. The molecular weight excluding hydrogens is 434 g/mol. The Morgan fingerprint density at radius 2 is 1.62 bits per heavy atom. The second-order valence-electron chi connectivity index (χ2n) is 7.68. The minimum atomic E-state index is -0.243. The molecule has 0 saturated carbocycles. The molecule has 3 aromatic rings. The van der Waals surface area contributed by atoms with E-state index in [0.29, 0.717) is 5.11 Å². The maximum absolute atomic E-state index is 12.8. The maximum Gasteiger partial charge on any atom is 0.237 e. The van der Waals surface area contributed by atoms with Crippen molar-refractivity contribution < 1.29 is 4.79 Å². The summed E-state index contributed by atoms with van der Waals surface area (Å²) in [5.41, 5.74) is 6.17. The van der Waals surface area contributed by atoms with E-state index in [0.717, 1.165) is 39.5 Å². The van der Waals surface area contributed by atoms with E-state index in [2.05, 4.69) is 35.9 Å². The van der Waals surface area contributed by atoms with Crippen LogP contribution >= 0.6 is 24.0 Å². The molecule has 0 heterocycles. The summed E-state index contributed by atoms with van der Waals surface area (Å²) < 4.78 is 0. The molecule has 0 radical (unpaired) electrons. The molecule has 1 unspecified atom stereocenters. The van der Waals surface area contributed by atoms with E-state index in [1.807, 2.05) is 74.5 Å². The molecule has 1 amide bonds. The Bertz CT molecular complexity index is 1100. The largest absolute Gasteiger partial charge is 0.332 e. The van der Waals surface area contributed by atoms with Gasteiger partial charge in [0.05, 0.1) is 5.25 Å². The Kier molecular flexibility index (Phi) is 8.31. The van der Waals surface area contributed by atoms with Gasteiger partial charge >= 0.3 is 0 Å². The predicted molar refractivity (Wildman–Crippen MR) is 142 cm³/mol. The highest BCUT2D eigenvalue weighted by Gasteiger charge is 2.17. The summed E-state index contributed by atoms with van der Waals surface area (Å²) in [6.07, 6.45) is 0.878. The van der Waals surface area contributed by atoms with Crippen molar-refractivity contribution in [3.63, 3.8) is 0 Å². The zero-order valence-corrected chi connectivity index (χ0v) is 20.5. The van der Waals surface area contributed by atoms with Crippen LogP contribution in [0.2, 0.25) is 0 Å². The average Bonchev–Trinajstić information content (AvgIpc) is 2.76.